The summed E-state index contributed by atoms with van der Waals surface area (Å²) in [6, 6.07) is 7.85. The summed E-state index contributed by atoms with van der Waals surface area (Å²) < 4.78 is 1.13. The van der Waals surface area contributed by atoms with Crippen LogP contribution in [0.25, 0.3) is 0 Å². The lowest BCUT2D eigenvalue weighted by Crippen LogP contribution is -2.48. The molecule has 2 unspecified atom stereocenters. The van der Waals surface area contributed by atoms with Crippen LogP contribution in [-0.2, 0) is 4.79 Å². The molecule has 0 radical (unpaired) electrons. The molecule has 112 valence electrons. The fourth-order valence-corrected chi connectivity index (χ4v) is 4.00. The van der Waals surface area contributed by atoms with E-state index < -0.39 is 0 Å². The van der Waals surface area contributed by atoms with Crippen molar-refractivity contribution in [3.8, 4) is 0 Å². The zero-order chi connectivity index (χ0) is 14.8. The monoisotopic (exact) mass is 397 g/mol. The molecule has 1 saturated heterocycles. The largest absolute Gasteiger partial charge is 0.335 e. The average molecular weight is 397 g/mol. The summed E-state index contributed by atoms with van der Waals surface area (Å²) in [6.07, 6.45) is 5.81. The number of hydrogen-bond donors (Lipinski definition) is 0. The first-order valence-corrected chi connectivity index (χ1v) is 8.84. The number of ketones is 1. The predicted octanol–water partition coefficient (Wildman–Crippen LogP) is 3.66. The Balaban J connectivity index is 1.81. The molecule has 1 amide bonds. The molecule has 3 rings (SSSR count). The fraction of sp³-hybridized carbons (Fsp3) is 0.529. The molecule has 0 spiro atoms. The molecular weight excluding hydrogens is 377 g/mol. The van der Waals surface area contributed by atoms with Gasteiger partial charge in [-0.25, -0.2) is 0 Å². The first kappa shape index (κ1) is 15.0. The van der Waals surface area contributed by atoms with Gasteiger partial charge in [0, 0.05) is 34.1 Å². The molecule has 1 aliphatic heterocycles. The smallest absolute Gasteiger partial charge is 0.254 e. The van der Waals surface area contributed by atoms with E-state index in [0.29, 0.717) is 12.2 Å². The van der Waals surface area contributed by atoms with Crippen LogP contribution in [0.2, 0.25) is 0 Å². The minimum absolute atomic E-state index is 0.0816. The van der Waals surface area contributed by atoms with Crippen molar-refractivity contribution in [3.05, 3.63) is 33.4 Å². The fourth-order valence-electron chi connectivity index (χ4n) is 3.64. The Kier molecular flexibility index (Phi) is 4.62. The van der Waals surface area contributed by atoms with Crippen LogP contribution in [0.5, 0.6) is 0 Å². The van der Waals surface area contributed by atoms with Gasteiger partial charge in [0.25, 0.3) is 5.91 Å². The van der Waals surface area contributed by atoms with Gasteiger partial charge in [-0.15, -0.1) is 0 Å². The van der Waals surface area contributed by atoms with Gasteiger partial charge in [0.1, 0.15) is 5.78 Å². The first-order valence-electron chi connectivity index (χ1n) is 7.76. The van der Waals surface area contributed by atoms with Crippen molar-refractivity contribution in [3.63, 3.8) is 0 Å². The summed E-state index contributed by atoms with van der Waals surface area (Å²) in [5.41, 5.74) is 0.743. The van der Waals surface area contributed by atoms with Gasteiger partial charge in [-0.1, -0.05) is 0 Å². The van der Waals surface area contributed by atoms with E-state index in [1.54, 1.807) is 0 Å². The normalized spacial score (nSPS) is 26.1. The zero-order valence-electron chi connectivity index (χ0n) is 12.1. The van der Waals surface area contributed by atoms with Crippen LogP contribution >= 0.6 is 22.6 Å². The Morgan fingerprint density at radius 1 is 1.10 bits per heavy atom. The maximum Gasteiger partial charge on any atom is 0.254 e. The summed E-state index contributed by atoms with van der Waals surface area (Å²) >= 11 is 2.24. The zero-order valence-corrected chi connectivity index (χ0v) is 14.2. The van der Waals surface area contributed by atoms with Crippen molar-refractivity contribution in [1.82, 2.24) is 4.90 Å². The maximum atomic E-state index is 12.8. The van der Waals surface area contributed by atoms with Crippen molar-refractivity contribution >= 4 is 34.3 Å². The second-order valence-electron chi connectivity index (χ2n) is 6.03. The number of likely N-dealkylation sites (tertiary alicyclic amines) is 1. The van der Waals surface area contributed by atoms with Crippen molar-refractivity contribution in [2.75, 3.05) is 6.54 Å². The van der Waals surface area contributed by atoms with E-state index in [2.05, 4.69) is 22.6 Å². The van der Waals surface area contributed by atoms with E-state index in [4.69, 9.17) is 0 Å². The standard InChI is InChI=1S/C17H20INO2/c18-13-9-7-12(8-10-13)17(21)19-11-2-1-5-15(19)14-4-3-6-16(14)20/h7-10,14-15H,1-6,11H2. The molecule has 21 heavy (non-hydrogen) atoms. The minimum Gasteiger partial charge on any atom is -0.335 e. The molecule has 0 N–H and O–H groups in total. The molecule has 2 atom stereocenters. The van der Waals surface area contributed by atoms with Gasteiger partial charge in [0.2, 0.25) is 0 Å². The number of benzene rings is 1. The van der Waals surface area contributed by atoms with Crippen LogP contribution in [0.1, 0.15) is 48.9 Å². The van der Waals surface area contributed by atoms with E-state index >= 15 is 0 Å². The maximum absolute atomic E-state index is 12.8. The summed E-state index contributed by atoms with van der Waals surface area (Å²) in [6.45, 7) is 0.791. The molecule has 2 fully saturated rings. The Hall–Kier alpha value is -0.910. The number of nitrogens with zero attached hydrogens (tertiary/aromatic N) is 1. The predicted molar refractivity (Wildman–Crippen MR) is 90.2 cm³/mol. The van der Waals surface area contributed by atoms with Crippen molar-refractivity contribution < 1.29 is 9.59 Å². The average Bonchev–Trinajstić information content (AvgIpc) is 2.93. The second kappa shape index (κ2) is 6.46. The number of amides is 1. The van der Waals surface area contributed by atoms with Gasteiger partial charge >= 0.3 is 0 Å². The van der Waals surface area contributed by atoms with Crippen LogP contribution in [0.4, 0.5) is 0 Å². The lowest BCUT2D eigenvalue weighted by atomic mass is 9.88. The van der Waals surface area contributed by atoms with Gasteiger partial charge in [0.05, 0.1) is 0 Å². The Morgan fingerprint density at radius 2 is 1.86 bits per heavy atom. The quantitative estimate of drug-likeness (QED) is 0.715. The number of halogens is 1. The molecule has 1 aromatic rings. The molecular formula is C17H20INO2. The Bertz CT molecular complexity index is 540. The van der Waals surface area contributed by atoms with Crippen molar-refractivity contribution in [1.29, 1.82) is 0 Å². The Labute approximate surface area is 139 Å². The van der Waals surface area contributed by atoms with E-state index in [1.807, 2.05) is 29.2 Å². The number of carbonyl (C=O) groups excluding carboxylic acids is 2. The molecule has 4 heteroatoms. The van der Waals surface area contributed by atoms with Gasteiger partial charge in [-0.3, -0.25) is 9.59 Å². The summed E-state index contributed by atoms with van der Waals surface area (Å²) in [5.74, 6) is 0.538. The Morgan fingerprint density at radius 3 is 2.52 bits per heavy atom. The van der Waals surface area contributed by atoms with Gasteiger partial charge in [-0.05, 0) is 79.0 Å². The lowest BCUT2D eigenvalue weighted by molar-refractivity contribution is -0.122. The van der Waals surface area contributed by atoms with Crippen molar-refractivity contribution in [2.24, 2.45) is 5.92 Å². The SMILES string of the molecule is O=C1CCCC1C1CCCCN1C(=O)c1ccc(I)cc1. The van der Waals surface area contributed by atoms with Crippen LogP contribution < -0.4 is 0 Å². The van der Waals surface area contributed by atoms with E-state index in [-0.39, 0.29) is 17.9 Å². The van der Waals surface area contributed by atoms with E-state index in [9.17, 15) is 9.59 Å². The van der Waals surface area contributed by atoms with Crippen LogP contribution in [0, 0.1) is 9.49 Å². The number of piperidine rings is 1. The molecule has 0 aromatic heterocycles. The van der Waals surface area contributed by atoms with Gasteiger partial charge in [-0.2, -0.15) is 0 Å². The highest BCUT2D eigenvalue weighted by molar-refractivity contribution is 14.1. The third-order valence-corrected chi connectivity index (χ3v) is 5.44. The molecule has 1 aliphatic carbocycles. The summed E-state index contributed by atoms with van der Waals surface area (Å²) in [4.78, 5) is 26.9. The lowest BCUT2D eigenvalue weighted by Gasteiger charge is -2.38. The highest BCUT2D eigenvalue weighted by Gasteiger charge is 2.38. The molecule has 0 bridgehead atoms. The number of hydrogen-bond acceptors (Lipinski definition) is 2. The van der Waals surface area contributed by atoms with Gasteiger partial charge in [0.15, 0.2) is 0 Å². The molecule has 1 heterocycles. The highest BCUT2D eigenvalue weighted by atomic mass is 127. The van der Waals surface area contributed by atoms with Gasteiger partial charge < -0.3 is 4.90 Å². The summed E-state index contributed by atoms with van der Waals surface area (Å²) in [7, 11) is 0. The number of carbonyl (C=O) groups is 2. The third-order valence-electron chi connectivity index (χ3n) is 4.72. The molecule has 2 aliphatic rings. The topological polar surface area (TPSA) is 37.4 Å². The van der Waals surface area contributed by atoms with E-state index in [0.717, 1.165) is 47.8 Å². The van der Waals surface area contributed by atoms with Crippen LogP contribution in [-0.4, -0.2) is 29.2 Å². The molecule has 1 saturated carbocycles. The third kappa shape index (κ3) is 3.15. The highest BCUT2D eigenvalue weighted by Crippen LogP contribution is 2.33. The minimum atomic E-state index is 0.0816. The summed E-state index contributed by atoms with van der Waals surface area (Å²) in [5, 5.41) is 0. The number of rotatable bonds is 2. The second-order valence-corrected chi connectivity index (χ2v) is 7.28. The van der Waals surface area contributed by atoms with E-state index in [1.165, 1.54) is 0 Å². The van der Waals surface area contributed by atoms with Crippen LogP contribution in [0.3, 0.4) is 0 Å². The number of Topliss-reactive ketones (excluding diaryl/α,β-unsaturated/α-hetero) is 1. The van der Waals surface area contributed by atoms with Crippen LogP contribution in [0.15, 0.2) is 24.3 Å². The van der Waals surface area contributed by atoms with Crippen molar-refractivity contribution in [2.45, 2.75) is 44.6 Å². The first-order chi connectivity index (χ1) is 10.2. The molecule has 1 aromatic carbocycles. The molecule has 3 nitrogen and oxygen atoms in total.